The van der Waals surface area contributed by atoms with Crippen LogP contribution in [0.1, 0.15) is 11.1 Å². The monoisotopic (exact) mass is 332 g/mol. The van der Waals surface area contributed by atoms with Crippen LogP contribution in [0, 0.1) is 0 Å². The summed E-state index contributed by atoms with van der Waals surface area (Å²) in [5.74, 6) is 0. The maximum Gasteiger partial charge on any atom is 0.0695 e. The molecule has 128 valence electrons. The molecule has 1 fully saturated rings. The number of H-pyrrole nitrogens is 1. The van der Waals surface area contributed by atoms with Gasteiger partial charge in [-0.25, -0.2) is 0 Å². The molecule has 0 amide bonds. The first kappa shape index (κ1) is 16.1. The Morgan fingerprint density at radius 3 is 2.04 bits per heavy atom. The van der Waals surface area contributed by atoms with E-state index in [9.17, 15) is 0 Å². The molecule has 1 aliphatic rings. The summed E-state index contributed by atoms with van der Waals surface area (Å²) in [5.41, 5.74) is 5.03. The van der Waals surface area contributed by atoms with Crippen LogP contribution in [0.3, 0.4) is 0 Å². The third-order valence-corrected chi connectivity index (χ3v) is 4.89. The van der Waals surface area contributed by atoms with E-state index in [1.165, 1.54) is 16.7 Å². The zero-order valence-corrected chi connectivity index (χ0v) is 14.4. The molecule has 0 aliphatic carbocycles. The first-order valence-corrected chi connectivity index (χ1v) is 8.95. The lowest BCUT2D eigenvalue weighted by Crippen LogP contribution is -2.45. The summed E-state index contributed by atoms with van der Waals surface area (Å²) in [6.45, 7) is 6.45. The minimum absolute atomic E-state index is 0.958. The highest BCUT2D eigenvalue weighted by molar-refractivity contribution is 5.62. The maximum absolute atomic E-state index is 4.27. The van der Waals surface area contributed by atoms with Gasteiger partial charge in [-0.3, -0.25) is 14.9 Å². The minimum Gasteiger partial charge on any atom is -0.297 e. The molecule has 0 saturated carbocycles. The Balaban J connectivity index is 1.34. The molecule has 1 saturated heterocycles. The van der Waals surface area contributed by atoms with Gasteiger partial charge in [0.05, 0.1) is 11.9 Å². The van der Waals surface area contributed by atoms with Crippen LogP contribution in [-0.2, 0) is 13.1 Å². The molecule has 1 N–H and O–H groups in total. The summed E-state index contributed by atoms with van der Waals surface area (Å²) in [6, 6.07) is 21.2. The van der Waals surface area contributed by atoms with Crippen molar-refractivity contribution in [1.82, 2.24) is 20.0 Å². The lowest BCUT2D eigenvalue weighted by molar-refractivity contribution is 0.122. The Labute approximate surface area is 149 Å². The predicted molar refractivity (Wildman–Crippen MR) is 101 cm³/mol. The van der Waals surface area contributed by atoms with Crippen LogP contribution in [0.4, 0.5) is 0 Å². The molecule has 0 spiro atoms. The van der Waals surface area contributed by atoms with Crippen LogP contribution in [0.2, 0.25) is 0 Å². The average Bonchev–Trinajstić information content (AvgIpc) is 3.13. The number of aromatic amines is 1. The summed E-state index contributed by atoms with van der Waals surface area (Å²) in [7, 11) is 0. The number of hydrogen-bond acceptors (Lipinski definition) is 3. The van der Waals surface area contributed by atoms with Gasteiger partial charge < -0.3 is 0 Å². The highest BCUT2D eigenvalue weighted by Crippen LogP contribution is 2.22. The zero-order valence-electron chi connectivity index (χ0n) is 14.4. The van der Waals surface area contributed by atoms with Crippen LogP contribution in [0.25, 0.3) is 11.3 Å². The van der Waals surface area contributed by atoms with Crippen LogP contribution < -0.4 is 0 Å². The normalized spacial score (nSPS) is 16.2. The second-order valence-electron chi connectivity index (χ2n) is 6.67. The van der Waals surface area contributed by atoms with Gasteiger partial charge in [-0.2, -0.15) is 5.10 Å². The summed E-state index contributed by atoms with van der Waals surface area (Å²) in [6.07, 6.45) is 1.97. The maximum atomic E-state index is 4.27. The molecule has 4 heteroatoms. The average molecular weight is 332 g/mol. The van der Waals surface area contributed by atoms with Gasteiger partial charge in [-0.1, -0.05) is 60.7 Å². The molecule has 1 aliphatic heterocycles. The Morgan fingerprint density at radius 1 is 0.760 bits per heavy atom. The SMILES string of the molecule is c1ccc(CN2CCN(Cc3cn[nH]c3-c3ccccc3)CC2)cc1. The number of hydrogen-bond donors (Lipinski definition) is 1. The van der Waals surface area contributed by atoms with Gasteiger partial charge in [-0.05, 0) is 11.1 Å². The topological polar surface area (TPSA) is 35.2 Å². The molecule has 0 unspecified atom stereocenters. The molecule has 25 heavy (non-hydrogen) atoms. The summed E-state index contributed by atoms with van der Waals surface area (Å²) < 4.78 is 0. The third kappa shape index (κ3) is 3.98. The third-order valence-electron chi connectivity index (χ3n) is 4.89. The molecule has 0 bridgehead atoms. The molecule has 4 rings (SSSR count). The molecular formula is C21H24N4. The van der Waals surface area contributed by atoms with E-state index in [4.69, 9.17) is 0 Å². The molecule has 2 aromatic carbocycles. The standard InChI is InChI=1S/C21H24N4/c1-3-7-18(8-4-1)16-24-11-13-25(14-12-24)17-20-15-22-23-21(20)19-9-5-2-6-10-19/h1-10,15H,11-14,16-17H2,(H,22,23). The summed E-state index contributed by atoms with van der Waals surface area (Å²) in [5, 5.41) is 7.44. The number of benzene rings is 2. The molecule has 1 aromatic heterocycles. The molecular weight excluding hydrogens is 308 g/mol. The number of rotatable bonds is 5. The van der Waals surface area contributed by atoms with Gasteiger partial charge in [0.15, 0.2) is 0 Å². The Morgan fingerprint density at radius 2 is 1.36 bits per heavy atom. The molecule has 2 heterocycles. The molecule has 4 nitrogen and oxygen atoms in total. The van der Waals surface area contributed by atoms with Crippen molar-refractivity contribution in [1.29, 1.82) is 0 Å². The zero-order chi connectivity index (χ0) is 16.9. The van der Waals surface area contributed by atoms with Gasteiger partial charge >= 0.3 is 0 Å². The number of nitrogens with one attached hydrogen (secondary N) is 1. The second-order valence-corrected chi connectivity index (χ2v) is 6.67. The van der Waals surface area contributed by atoms with Gasteiger partial charge in [0.25, 0.3) is 0 Å². The fourth-order valence-corrected chi connectivity index (χ4v) is 3.47. The van der Waals surface area contributed by atoms with Crippen molar-refractivity contribution in [2.75, 3.05) is 26.2 Å². The van der Waals surface area contributed by atoms with Crippen molar-refractivity contribution in [3.63, 3.8) is 0 Å². The van der Waals surface area contributed by atoms with Crippen molar-refractivity contribution in [2.45, 2.75) is 13.1 Å². The Hall–Kier alpha value is -2.43. The Kier molecular flexibility index (Phi) is 4.91. The van der Waals surface area contributed by atoms with Crippen molar-refractivity contribution in [3.05, 3.63) is 78.0 Å². The minimum atomic E-state index is 0.958. The quantitative estimate of drug-likeness (QED) is 0.778. The highest BCUT2D eigenvalue weighted by atomic mass is 15.3. The fourth-order valence-electron chi connectivity index (χ4n) is 3.47. The lowest BCUT2D eigenvalue weighted by Gasteiger charge is -2.34. The van der Waals surface area contributed by atoms with Crippen LogP contribution in [0.5, 0.6) is 0 Å². The van der Waals surface area contributed by atoms with Crippen LogP contribution in [-0.4, -0.2) is 46.2 Å². The largest absolute Gasteiger partial charge is 0.297 e. The van der Waals surface area contributed by atoms with Crippen molar-refractivity contribution >= 4 is 0 Å². The van der Waals surface area contributed by atoms with E-state index in [2.05, 4.69) is 74.6 Å². The molecule has 0 atom stereocenters. The highest BCUT2D eigenvalue weighted by Gasteiger charge is 2.19. The van der Waals surface area contributed by atoms with E-state index in [1.54, 1.807) is 0 Å². The first-order chi connectivity index (χ1) is 12.4. The van der Waals surface area contributed by atoms with E-state index in [0.29, 0.717) is 0 Å². The summed E-state index contributed by atoms with van der Waals surface area (Å²) >= 11 is 0. The Bertz CT molecular complexity index is 774. The molecule has 0 radical (unpaired) electrons. The van der Waals surface area contributed by atoms with Gasteiger partial charge in [-0.15, -0.1) is 0 Å². The fraction of sp³-hybridized carbons (Fsp3) is 0.286. The van der Waals surface area contributed by atoms with Crippen molar-refractivity contribution in [2.24, 2.45) is 0 Å². The van der Waals surface area contributed by atoms with Gasteiger partial charge in [0.1, 0.15) is 0 Å². The van der Waals surface area contributed by atoms with E-state index in [-0.39, 0.29) is 0 Å². The van der Waals surface area contributed by atoms with Crippen LogP contribution in [0.15, 0.2) is 66.9 Å². The van der Waals surface area contributed by atoms with Gasteiger partial charge in [0, 0.05) is 44.8 Å². The van der Waals surface area contributed by atoms with E-state index < -0.39 is 0 Å². The second kappa shape index (κ2) is 7.64. The number of nitrogens with zero attached hydrogens (tertiary/aromatic N) is 3. The van der Waals surface area contributed by atoms with Crippen LogP contribution >= 0.6 is 0 Å². The van der Waals surface area contributed by atoms with Crippen molar-refractivity contribution < 1.29 is 0 Å². The van der Waals surface area contributed by atoms with E-state index in [1.807, 2.05) is 12.3 Å². The van der Waals surface area contributed by atoms with Crippen molar-refractivity contribution in [3.8, 4) is 11.3 Å². The first-order valence-electron chi connectivity index (χ1n) is 8.95. The predicted octanol–water partition coefficient (Wildman–Crippen LogP) is 3.39. The van der Waals surface area contributed by atoms with Gasteiger partial charge in [0.2, 0.25) is 0 Å². The smallest absolute Gasteiger partial charge is 0.0695 e. The molecule has 3 aromatic rings. The number of aromatic nitrogens is 2. The lowest BCUT2D eigenvalue weighted by atomic mass is 10.1. The van der Waals surface area contributed by atoms with E-state index >= 15 is 0 Å². The number of piperazine rings is 1. The van der Waals surface area contributed by atoms with E-state index in [0.717, 1.165) is 45.0 Å². The summed E-state index contributed by atoms with van der Waals surface area (Å²) in [4.78, 5) is 5.07.